The summed E-state index contributed by atoms with van der Waals surface area (Å²) in [6, 6.07) is 0. The molecule has 0 N–H and O–H groups in total. The highest BCUT2D eigenvalue weighted by atomic mass is 16.6. The first-order chi connectivity index (χ1) is 7.10. The fraction of sp³-hybridized carbons (Fsp3) is 0.455. The van der Waals surface area contributed by atoms with E-state index < -0.39 is 11.9 Å². The molecule has 4 heteroatoms. The first-order valence-electron chi connectivity index (χ1n) is 4.80. The van der Waals surface area contributed by atoms with Gasteiger partial charge in [0.1, 0.15) is 12.0 Å². The zero-order chi connectivity index (χ0) is 11.7. The molecule has 0 atom stereocenters. The van der Waals surface area contributed by atoms with E-state index >= 15 is 0 Å². The Morgan fingerprint density at radius 3 is 2.53 bits per heavy atom. The summed E-state index contributed by atoms with van der Waals surface area (Å²) in [5, 5.41) is 0. The number of hydrogen-bond donors (Lipinski definition) is 0. The molecule has 0 radical (unpaired) electrons. The van der Waals surface area contributed by atoms with Crippen LogP contribution in [-0.4, -0.2) is 11.9 Å². The largest absolute Gasteiger partial charge is 0.428 e. The molecule has 0 amide bonds. The highest BCUT2D eigenvalue weighted by molar-refractivity contribution is 5.81. The average molecular weight is 212 g/mol. The Kier molecular flexibility index (Phi) is 6.97. The SMILES string of the molecule is C=CC(=O)O/C=C(/CCCC)OC(C)=O. The predicted octanol–water partition coefficient (Wildman–Crippen LogP) is 2.31. The fourth-order valence-electron chi connectivity index (χ4n) is 0.842. The van der Waals surface area contributed by atoms with Crippen LogP contribution < -0.4 is 0 Å². The number of unbranched alkanes of at least 4 members (excludes halogenated alkanes) is 1. The Labute approximate surface area is 89.6 Å². The quantitative estimate of drug-likeness (QED) is 0.385. The van der Waals surface area contributed by atoms with E-state index in [0.717, 1.165) is 25.2 Å². The van der Waals surface area contributed by atoms with Crippen molar-refractivity contribution in [3.63, 3.8) is 0 Å². The van der Waals surface area contributed by atoms with Crippen LogP contribution in [0.25, 0.3) is 0 Å². The van der Waals surface area contributed by atoms with Gasteiger partial charge >= 0.3 is 11.9 Å². The van der Waals surface area contributed by atoms with Crippen LogP contribution in [0.4, 0.5) is 0 Å². The van der Waals surface area contributed by atoms with Crippen LogP contribution in [0.3, 0.4) is 0 Å². The standard InChI is InChI=1S/C11H16O4/c1-4-6-7-10(15-9(3)12)8-14-11(13)5-2/h5,8H,2,4,6-7H2,1,3H3/b10-8-. The van der Waals surface area contributed by atoms with Crippen LogP contribution in [0.5, 0.6) is 0 Å². The van der Waals surface area contributed by atoms with Gasteiger partial charge in [0.2, 0.25) is 0 Å². The highest BCUT2D eigenvalue weighted by Crippen LogP contribution is 2.09. The van der Waals surface area contributed by atoms with Crippen LogP contribution in [0.15, 0.2) is 24.7 Å². The topological polar surface area (TPSA) is 52.6 Å². The molecule has 0 aromatic rings. The van der Waals surface area contributed by atoms with Crippen molar-refractivity contribution < 1.29 is 19.1 Å². The van der Waals surface area contributed by atoms with E-state index in [1.54, 1.807) is 0 Å². The normalized spacial score (nSPS) is 10.7. The van der Waals surface area contributed by atoms with E-state index in [2.05, 4.69) is 11.3 Å². The van der Waals surface area contributed by atoms with Gasteiger partial charge < -0.3 is 9.47 Å². The Balaban J connectivity index is 4.25. The van der Waals surface area contributed by atoms with Crippen LogP contribution in [-0.2, 0) is 19.1 Å². The minimum Gasteiger partial charge on any atom is -0.428 e. The third-order valence-electron chi connectivity index (χ3n) is 1.52. The van der Waals surface area contributed by atoms with Crippen molar-refractivity contribution in [2.75, 3.05) is 0 Å². The van der Waals surface area contributed by atoms with Crippen molar-refractivity contribution >= 4 is 11.9 Å². The molecule has 15 heavy (non-hydrogen) atoms. The van der Waals surface area contributed by atoms with E-state index in [-0.39, 0.29) is 0 Å². The summed E-state index contributed by atoms with van der Waals surface area (Å²) in [5.41, 5.74) is 0. The zero-order valence-electron chi connectivity index (χ0n) is 9.12. The van der Waals surface area contributed by atoms with E-state index in [9.17, 15) is 9.59 Å². The van der Waals surface area contributed by atoms with E-state index in [1.807, 2.05) is 6.92 Å². The zero-order valence-corrected chi connectivity index (χ0v) is 9.12. The minimum absolute atomic E-state index is 0.361. The molecule has 0 bridgehead atoms. The van der Waals surface area contributed by atoms with Crippen molar-refractivity contribution in [2.45, 2.75) is 33.1 Å². The molecule has 0 rings (SSSR count). The van der Waals surface area contributed by atoms with Crippen LogP contribution in [0, 0.1) is 0 Å². The van der Waals surface area contributed by atoms with Crippen LogP contribution in [0.2, 0.25) is 0 Å². The van der Waals surface area contributed by atoms with Crippen LogP contribution in [0.1, 0.15) is 33.1 Å². The number of carbonyl (C=O) groups is 2. The summed E-state index contributed by atoms with van der Waals surface area (Å²) in [6.07, 6.45) is 4.60. The van der Waals surface area contributed by atoms with Gasteiger partial charge in [0.15, 0.2) is 0 Å². The van der Waals surface area contributed by atoms with E-state index in [4.69, 9.17) is 4.74 Å². The molecule has 84 valence electrons. The highest BCUT2D eigenvalue weighted by Gasteiger charge is 2.03. The molecular weight excluding hydrogens is 196 g/mol. The van der Waals surface area contributed by atoms with Gasteiger partial charge in [-0.2, -0.15) is 0 Å². The summed E-state index contributed by atoms with van der Waals surface area (Å²) < 4.78 is 9.51. The molecule has 4 nitrogen and oxygen atoms in total. The molecule has 0 saturated heterocycles. The minimum atomic E-state index is -0.573. The Hall–Kier alpha value is -1.58. The molecule has 0 unspecified atom stereocenters. The third-order valence-corrected chi connectivity index (χ3v) is 1.52. The van der Waals surface area contributed by atoms with Crippen molar-refractivity contribution in [1.29, 1.82) is 0 Å². The lowest BCUT2D eigenvalue weighted by atomic mass is 10.2. The molecule has 0 saturated carbocycles. The van der Waals surface area contributed by atoms with Crippen molar-refractivity contribution in [2.24, 2.45) is 0 Å². The summed E-state index contributed by atoms with van der Waals surface area (Å²) >= 11 is 0. The number of rotatable bonds is 6. The number of esters is 2. The lowest BCUT2D eigenvalue weighted by Crippen LogP contribution is -2.02. The van der Waals surface area contributed by atoms with Crippen molar-refractivity contribution in [3.8, 4) is 0 Å². The third kappa shape index (κ3) is 7.49. The first kappa shape index (κ1) is 13.4. The smallest absolute Gasteiger partial charge is 0.335 e. The molecule has 0 spiro atoms. The predicted molar refractivity (Wildman–Crippen MR) is 55.7 cm³/mol. The number of hydrogen-bond acceptors (Lipinski definition) is 4. The molecule has 0 fully saturated rings. The second-order valence-electron chi connectivity index (χ2n) is 2.92. The van der Waals surface area contributed by atoms with Gasteiger partial charge in [0.05, 0.1) is 0 Å². The monoisotopic (exact) mass is 212 g/mol. The van der Waals surface area contributed by atoms with Gasteiger partial charge in [0, 0.05) is 19.4 Å². The lowest BCUT2D eigenvalue weighted by molar-refractivity contribution is -0.139. The molecule has 0 aliphatic heterocycles. The second-order valence-corrected chi connectivity index (χ2v) is 2.92. The lowest BCUT2D eigenvalue weighted by Gasteiger charge is -2.05. The fourth-order valence-corrected chi connectivity index (χ4v) is 0.842. The first-order valence-corrected chi connectivity index (χ1v) is 4.80. The average Bonchev–Trinajstić information content (AvgIpc) is 2.20. The maximum atomic E-state index is 10.8. The second kappa shape index (κ2) is 7.79. The molecular formula is C11H16O4. The van der Waals surface area contributed by atoms with Gasteiger partial charge in [-0.05, 0) is 6.42 Å². The summed E-state index contributed by atoms with van der Waals surface area (Å²) in [7, 11) is 0. The summed E-state index contributed by atoms with van der Waals surface area (Å²) in [5.74, 6) is -0.636. The molecule has 0 aromatic heterocycles. The van der Waals surface area contributed by atoms with Crippen molar-refractivity contribution in [1.82, 2.24) is 0 Å². The van der Waals surface area contributed by atoms with E-state index in [0.29, 0.717) is 12.2 Å². The van der Waals surface area contributed by atoms with Crippen LogP contribution >= 0.6 is 0 Å². The summed E-state index contributed by atoms with van der Waals surface area (Å²) in [6.45, 7) is 6.57. The molecule has 0 aliphatic rings. The Morgan fingerprint density at radius 2 is 2.07 bits per heavy atom. The van der Waals surface area contributed by atoms with Gasteiger partial charge in [-0.1, -0.05) is 19.9 Å². The molecule has 0 aliphatic carbocycles. The summed E-state index contributed by atoms with van der Waals surface area (Å²) in [4.78, 5) is 21.5. The van der Waals surface area contributed by atoms with Gasteiger partial charge in [0.25, 0.3) is 0 Å². The number of allylic oxidation sites excluding steroid dienone is 1. The van der Waals surface area contributed by atoms with E-state index in [1.165, 1.54) is 6.92 Å². The maximum Gasteiger partial charge on any atom is 0.335 e. The Bertz CT molecular complexity index is 266. The van der Waals surface area contributed by atoms with Gasteiger partial charge in [-0.3, -0.25) is 4.79 Å². The molecule has 0 heterocycles. The van der Waals surface area contributed by atoms with Gasteiger partial charge in [-0.15, -0.1) is 0 Å². The van der Waals surface area contributed by atoms with Crippen molar-refractivity contribution in [3.05, 3.63) is 24.7 Å². The number of ether oxygens (including phenoxy) is 2. The molecule has 0 aromatic carbocycles. The number of carbonyl (C=O) groups excluding carboxylic acids is 2. The Morgan fingerprint density at radius 1 is 1.40 bits per heavy atom. The maximum absolute atomic E-state index is 10.8. The van der Waals surface area contributed by atoms with Gasteiger partial charge in [-0.25, -0.2) is 4.79 Å².